The van der Waals surface area contributed by atoms with Crippen LogP contribution in [-0.2, 0) is 6.61 Å². The van der Waals surface area contributed by atoms with Crippen LogP contribution in [0.5, 0.6) is 11.5 Å². The first-order valence-corrected chi connectivity index (χ1v) is 7.64. The molecule has 3 rings (SSSR count). The molecule has 0 spiro atoms. The first-order valence-electron chi connectivity index (χ1n) is 7.64. The molecule has 0 radical (unpaired) electrons. The zero-order valence-corrected chi connectivity index (χ0v) is 13.4. The van der Waals surface area contributed by atoms with Crippen LogP contribution in [0.1, 0.15) is 11.1 Å². The SMILES string of the molecule is COc1ccc(C=Nc2cccnc2)cc1OCc1ccccc1. The van der Waals surface area contributed by atoms with Gasteiger partial charge in [0.2, 0.25) is 0 Å². The number of aliphatic imine (C=N–C) groups is 1. The number of benzene rings is 2. The molecule has 0 atom stereocenters. The molecule has 24 heavy (non-hydrogen) atoms. The van der Waals surface area contributed by atoms with Crippen LogP contribution in [0.2, 0.25) is 0 Å². The number of nitrogens with zero attached hydrogens (tertiary/aromatic N) is 2. The van der Waals surface area contributed by atoms with E-state index in [4.69, 9.17) is 9.47 Å². The summed E-state index contributed by atoms with van der Waals surface area (Å²) in [5.74, 6) is 1.39. The van der Waals surface area contributed by atoms with Gasteiger partial charge < -0.3 is 9.47 Å². The normalized spacial score (nSPS) is 10.7. The van der Waals surface area contributed by atoms with Crippen molar-refractivity contribution < 1.29 is 9.47 Å². The van der Waals surface area contributed by atoms with E-state index in [0.717, 1.165) is 16.8 Å². The summed E-state index contributed by atoms with van der Waals surface area (Å²) in [5, 5.41) is 0. The van der Waals surface area contributed by atoms with Crippen molar-refractivity contribution in [1.82, 2.24) is 4.98 Å². The average Bonchev–Trinajstić information content (AvgIpc) is 2.66. The molecule has 2 aromatic carbocycles. The molecule has 0 aliphatic carbocycles. The fourth-order valence-electron chi connectivity index (χ4n) is 2.20. The van der Waals surface area contributed by atoms with Crippen molar-refractivity contribution in [3.63, 3.8) is 0 Å². The quantitative estimate of drug-likeness (QED) is 0.632. The van der Waals surface area contributed by atoms with E-state index in [-0.39, 0.29) is 0 Å². The minimum Gasteiger partial charge on any atom is -0.493 e. The maximum atomic E-state index is 5.91. The standard InChI is InChI=1S/C20H18N2O2/c1-23-19-10-9-17(13-22-18-8-5-11-21-14-18)12-20(19)24-15-16-6-3-2-4-7-16/h2-14H,15H2,1H3. The van der Waals surface area contributed by atoms with Gasteiger partial charge in [0.25, 0.3) is 0 Å². The Hall–Kier alpha value is -3.14. The van der Waals surface area contributed by atoms with Gasteiger partial charge in [0.15, 0.2) is 11.5 Å². The Bertz CT molecular complexity index is 802. The molecule has 4 nitrogen and oxygen atoms in total. The van der Waals surface area contributed by atoms with Crippen LogP contribution in [-0.4, -0.2) is 18.3 Å². The second-order valence-electron chi connectivity index (χ2n) is 5.15. The molecule has 0 amide bonds. The Labute approximate surface area is 141 Å². The van der Waals surface area contributed by atoms with E-state index in [1.54, 1.807) is 25.7 Å². The second-order valence-corrected chi connectivity index (χ2v) is 5.15. The molecule has 0 bridgehead atoms. The van der Waals surface area contributed by atoms with Crippen molar-refractivity contribution in [1.29, 1.82) is 0 Å². The van der Waals surface area contributed by atoms with E-state index < -0.39 is 0 Å². The van der Waals surface area contributed by atoms with Crippen LogP contribution in [0.15, 0.2) is 78.0 Å². The number of hydrogen-bond donors (Lipinski definition) is 0. The summed E-state index contributed by atoms with van der Waals surface area (Å²) in [6.07, 6.45) is 5.22. The molecule has 0 N–H and O–H groups in total. The van der Waals surface area contributed by atoms with Crippen molar-refractivity contribution in [2.24, 2.45) is 4.99 Å². The summed E-state index contributed by atoms with van der Waals surface area (Å²) < 4.78 is 11.3. The number of methoxy groups -OCH3 is 1. The van der Waals surface area contributed by atoms with Crippen molar-refractivity contribution in [2.75, 3.05) is 7.11 Å². The Morgan fingerprint density at radius 3 is 2.62 bits per heavy atom. The highest BCUT2D eigenvalue weighted by Gasteiger charge is 2.05. The summed E-state index contributed by atoms with van der Waals surface area (Å²) in [6.45, 7) is 0.487. The molecule has 1 heterocycles. The summed E-state index contributed by atoms with van der Waals surface area (Å²) in [6, 6.07) is 19.5. The highest BCUT2D eigenvalue weighted by Crippen LogP contribution is 2.28. The van der Waals surface area contributed by atoms with Crippen LogP contribution >= 0.6 is 0 Å². The minimum absolute atomic E-state index is 0.487. The molecular weight excluding hydrogens is 300 g/mol. The van der Waals surface area contributed by atoms with Crippen molar-refractivity contribution in [3.05, 3.63) is 84.2 Å². The Morgan fingerprint density at radius 1 is 1.00 bits per heavy atom. The lowest BCUT2D eigenvalue weighted by Crippen LogP contribution is -1.98. The van der Waals surface area contributed by atoms with Gasteiger partial charge in [-0.05, 0) is 41.5 Å². The van der Waals surface area contributed by atoms with Gasteiger partial charge in [0, 0.05) is 12.4 Å². The first kappa shape index (κ1) is 15.7. The molecule has 120 valence electrons. The fourth-order valence-corrected chi connectivity index (χ4v) is 2.20. The molecule has 0 fully saturated rings. The highest BCUT2D eigenvalue weighted by molar-refractivity contribution is 5.83. The molecule has 1 aromatic heterocycles. The fraction of sp³-hybridized carbons (Fsp3) is 0.100. The van der Waals surface area contributed by atoms with Gasteiger partial charge in [0.05, 0.1) is 19.0 Å². The lowest BCUT2D eigenvalue weighted by Gasteiger charge is -2.11. The lowest BCUT2D eigenvalue weighted by molar-refractivity contribution is 0.284. The van der Waals surface area contributed by atoms with Gasteiger partial charge in [-0.1, -0.05) is 30.3 Å². The zero-order chi connectivity index (χ0) is 16.6. The Morgan fingerprint density at radius 2 is 1.88 bits per heavy atom. The van der Waals surface area contributed by atoms with Gasteiger partial charge in [-0.2, -0.15) is 0 Å². The van der Waals surface area contributed by atoms with Gasteiger partial charge in [-0.3, -0.25) is 9.98 Å². The monoisotopic (exact) mass is 318 g/mol. The van der Waals surface area contributed by atoms with Crippen molar-refractivity contribution in [2.45, 2.75) is 6.61 Å². The summed E-state index contributed by atoms with van der Waals surface area (Å²) >= 11 is 0. The molecule has 4 heteroatoms. The molecule has 0 saturated carbocycles. The topological polar surface area (TPSA) is 43.7 Å². The third-order valence-corrected chi connectivity index (χ3v) is 3.43. The second kappa shape index (κ2) is 7.92. The van der Waals surface area contributed by atoms with E-state index in [1.807, 2.05) is 60.7 Å². The van der Waals surface area contributed by atoms with Gasteiger partial charge in [-0.25, -0.2) is 0 Å². The van der Waals surface area contributed by atoms with Crippen LogP contribution in [0, 0.1) is 0 Å². The van der Waals surface area contributed by atoms with E-state index in [1.165, 1.54) is 0 Å². The molecular formula is C20H18N2O2. The Balaban J connectivity index is 1.76. The first-order chi connectivity index (χ1) is 11.8. The van der Waals surface area contributed by atoms with Crippen molar-refractivity contribution in [3.8, 4) is 11.5 Å². The molecule has 0 saturated heterocycles. The lowest BCUT2D eigenvalue weighted by atomic mass is 10.2. The van der Waals surface area contributed by atoms with Crippen LogP contribution < -0.4 is 9.47 Å². The molecule has 3 aromatic rings. The summed E-state index contributed by atoms with van der Waals surface area (Å²) in [4.78, 5) is 8.45. The van der Waals surface area contributed by atoms with E-state index in [0.29, 0.717) is 18.1 Å². The van der Waals surface area contributed by atoms with Gasteiger partial charge in [0.1, 0.15) is 6.61 Å². The van der Waals surface area contributed by atoms with Gasteiger partial charge >= 0.3 is 0 Å². The third kappa shape index (κ3) is 4.20. The minimum atomic E-state index is 0.487. The zero-order valence-electron chi connectivity index (χ0n) is 13.4. The smallest absolute Gasteiger partial charge is 0.162 e. The summed E-state index contributed by atoms with van der Waals surface area (Å²) in [7, 11) is 1.63. The predicted molar refractivity (Wildman–Crippen MR) is 95.3 cm³/mol. The molecule has 0 aliphatic heterocycles. The van der Waals surface area contributed by atoms with E-state index in [2.05, 4.69) is 9.98 Å². The van der Waals surface area contributed by atoms with Crippen LogP contribution in [0.3, 0.4) is 0 Å². The third-order valence-electron chi connectivity index (χ3n) is 3.43. The number of rotatable bonds is 6. The highest BCUT2D eigenvalue weighted by atomic mass is 16.5. The summed E-state index contributed by atoms with van der Waals surface area (Å²) in [5.41, 5.74) is 2.84. The van der Waals surface area contributed by atoms with Crippen LogP contribution in [0.25, 0.3) is 0 Å². The maximum Gasteiger partial charge on any atom is 0.162 e. The largest absolute Gasteiger partial charge is 0.493 e. The van der Waals surface area contributed by atoms with E-state index >= 15 is 0 Å². The van der Waals surface area contributed by atoms with Crippen LogP contribution in [0.4, 0.5) is 5.69 Å². The number of hydrogen-bond acceptors (Lipinski definition) is 4. The maximum absolute atomic E-state index is 5.91. The number of ether oxygens (including phenoxy) is 2. The average molecular weight is 318 g/mol. The molecule has 0 aliphatic rings. The number of pyridine rings is 1. The van der Waals surface area contributed by atoms with Gasteiger partial charge in [-0.15, -0.1) is 0 Å². The Kier molecular flexibility index (Phi) is 5.20. The predicted octanol–water partition coefficient (Wildman–Crippen LogP) is 4.42. The van der Waals surface area contributed by atoms with E-state index in [9.17, 15) is 0 Å². The van der Waals surface area contributed by atoms with Crippen molar-refractivity contribution >= 4 is 11.9 Å². The number of aromatic nitrogens is 1. The molecule has 0 unspecified atom stereocenters.